The Morgan fingerprint density at radius 2 is 2.04 bits per heavy atom. The molecule has 1 spiro atoms. The minimum absolute atomic E-state index is 0.336. The molecule has 0 bridgehead atoms. The highest BCUT2D eigenvalue weighted by atomic mass is 32.1. The van der Waals surface area contributed by atoms with E-state index < -0.39 is 23.5 Å². The summed E-state index contributed by atoms with van der Waals surface area (Å²) in [5.41, 5.74) is 0.487. The number of hydrogen-bond acceptors (Lipinski definition) is 4. The fourth-order valence-electron chi connectivity index (χ4n) is 3.75. The molecule has 1 saturated heterocycles. The zero-order valence-corrected chi connectivity index (χ0v) is 15.1. The summed E-state index contributed by atoms with van der Waals surface area (Å²) in [6.45, 7) is 1.58. The molecule has 1 aromatic heterocycles. The van der Waals surface area contributed by atoms with Crippen molar-refractivity contribution in [2.75, 3.05) is 5.32 Å². The lowest BCUT2D eigenvalue weighted by atomic mass is 9.80. The number of urea groups is 1. The van der Waals surface area contributed by atoms with Gasteiger partial charge in [-0.15, -0.1) is 11.3 Å². The Balaban J connectivity index is 1.60. The summed E-state index contributed by atoms with van der Waals surface area (Å²) in [5, 5.41) is 7.58. The molecule has 7 heteroatoms. The van der Waals surface area contributed by atoms with Crippen LogP contribution in [0.1, 0.15) is 30.2 Å². The van der Waals surface area contributed by atoms with Gasteiger partial charge in [0.15, 0.2) is 0 Å². The lowest BCUT2D eigenvalue weighted by Crippen LogP contribution is -2.49. The summed E-state index contributed by atoms with van der Waals surface area (Å²) in [6, 6.07) is 9.49. The first-order valence-corrected chi connectivity index (χ1v) is 9.49. The standard InChI is InChI=1S/C19H19N3O3S/c1-12(16(23)20-13-6-3-2-4-7-13)22-17(24)19(21-18(22)25)10-5-8-15-14(19)9-11-26-15/h2-4,6-7,9,11-12H,5,8,10H2,1H3,(H,20,23)(H,21,25)/t12-,19-/m0/s1. The summed E-state index contributed by atoms with van der Waals surface area (Å²) in [6.07, 6.45) is 2.31. The number of carbonyl (C=O) groups excluding carboxylic acids is 3. The van der Waals surface area contributed by atoms with Gasteiger partial charge < -0.3 is 10.6 Å². The Labute approximate surface area is 155 Å². The number of carbonyl (C=O) groups is 3. The molecule has 0 unspecified atom stereocenters. The van der Waals surface area contributed by atoms with Crippen LogP contribution in [0.25, 0.3) is 0 Å². The van der Waals surface area contributed by atoms with E-state index in [2.05, 4.69) is 10.6 Å². The van der Waals surface area contributed by atoms with Crippen LogP contribution in [0, 0.1) is 0 Å². The van der Waals surface area contributed by atoms with Crippen LogP contribution in [-0.2, 0) is 21.5 Å². The highest BCUT2D eigenvalue weighted by Crippen LogP contribution is 2.42. The molecule has 6 nitrogen and oxygen atoms in total. The average molecular weight is 369 g/mol. The first kappa shape index (κ1) is 16.8. The number of thiophene rings is 1. The highest BCUT2D eigenvalue weighted by molar-refractivity contribution is 7.10. The number of hydrogen-bond donors (Lipinski definition) is 2. The van der Waals surface area contributed by atoms with Crippen molar-refractivity contribution in [1.29, 1.82) is 0 Å². The lowest BCUT2D eigenvalue weighted by Gasteiger charge is -2.31. The molecule has 0 radical (unpaired) electrons. The quantitative estimate of drug-likeness (QED) is 0.817. The monoisotopic (exact) mass is 369 g/mol. The van der Waals surface area contributed by atoms with Crippen molar-refractivity contribution in [2.45, 2.75) is 37.8 Å². The maximum Gasteiger partial charge on any atom is 0.326 e. The number of amides is 4. The van der Waals surface area contributed by atoms with Crippen molar-refractivity contribution in [3.05, 3.63) is 52.2 Å². The van der Waals surface area contributed by atoms with Gasteiger partial charge in [0.25, 0.3) is 5.91 Å². The predicted molar refractivity (Wildman–Crippen MR) is 98.8 cm³/mol. The highest BCUT2D eigenvalue weighted by Gasteiger charge is 2.56. The molecular weight excluding hydrogens is 350 g/mol. The van der Waals surface area contributed by atoms with E-state index in [1.165, 1.54) is 0 Å². The number of benzene rings is 1. The van der Waals surface area contributed by atoms with E-state index in [0.717, 1.165) is 28.2 Å². The largest absolute Gasteiger partial charge is 0.326 e. The minimum Gasteiger partial charge on any atom is -0.324 e. The Hall–Kier alpha value is -2.67. The van der Waals surface area contributed by atoms with Crippen LogP contribution in [0.15, 0.2) is 41.8 Å². The number of fused-ring (bicyclic) bond motifs is 2. The summed E-state index contributed by atoms with van der Waals surface area (Å²) >= 11 is 1.61. The molecule has 1 fully saturated rings. The van der Waals surface area contributed by atoms with Crippen molar-refractivity contribution in [1.82, 2.24) is 10.2 Å². The Kier molecular flexibility index (Phi) is 4.03. The number of nitrogens with one attached hydrogen (secondary N) is 2. The van der Waals surface area contributed by atoms with Crippen molar-refractivity contribution < 1.29 is 14.4 Å². The predicted octanol–water partition coefficient (Wildman–Crippen LogP) is 2.86. The Morgan fingerprint density at radius 3 is 2.81 bits per heavy atom. The SMILES string of the molecule is C[C@@H](C(=O)Nc1ccccc1)N1C(=O)N[C@]2(CCCc3sccc32)C1=O. The molecule has 0 saturated carbocycles. The van der Waals surface area contributed by atoms with Gasteiger partial charge in [-0.1, -0.05) is 18.2 Å². The molecule has 2 aliphatic rings. The number of para-hydroxylation sites is 1. The summed E-state index contributed by atoms with van der Waals surface area (Å²) in [5.74, 6) is -0.726. The van der Waals surface area contributed by atoms with Crippen LogP contribution in [0.4, 0.5) is 10.5 Å². The minimum atomic E-state index is -1.02. The molecule has 1 aliphatic carbocycles. The number of aryl methyl sites for hydroxylation is 1. The molecule has 4 amide bonds. The lowest BCUT2D eigenvalue weighted by molar-refractivity contribution is -0.137. The average Bonchev–Trinajstić information content (AvgIpc) is 3.20. The second-order valence-electron chi connectivity index (χ2n) is 6.65. The number of anilines is 1. The van der Waals surface area contributed by atoms with E-state index in [1.807, 2.05) is 29.6 Å². The number of rotatable bonds is 3. The zero-order valence-electron chi connectivity index (χ0n) is 14.3. The Bertz CT molecular complexity index is 879. The molecule has 26 heavy (non-hydrogen) atoms. The van der Waals surface area contributed by atoms with Crippen molar-refractivity contribution in [3.63, 3.8) is 0 Å². The van der Waals surface area contributed by atoms with E-state index in [0.29, 0.717) is 12.1 Å². The van der Waals surface area contributed by atoms with Gasteiger partial charge in [-0.3, -0.25) is 9.59 Å². The fourth-order valence-corrected chi connectivity index (χ4v) is 4.75. The fraction of sp³-hybridized carbons (Fsp3) is 0.316. The van der Waals surface area contributed by atoms with Gasteiger partial charge in [-0.2, -0.15) is 0 Å². The van der Waals surface area contributed by atoms with Crippen LogP contribution in [0.3, 0.4) is 0 Å². The Morgan fingerprint density at radius 1 is 1.27 bits per heavy atom. The summed E-state index contributed by atoms with van der Waals surface area (Å²) in [4.78, 5) is 40.6. The molecule has 134 valence electrons. The van der Waals surface area contributed by atoms with Crippen LogP contribution in [-0.4, -0.2) is 28.8 Å². The van der Waals surface area contributed by atoms with Crippen molar-refractivity contribution >= 4 is 34.9 Å². The van der Waals surface area contributed by atoms with Crippen LogP contribution in [0.2, 0.25) is 0 Å². The van der Waals surface area contributed by atoms with E-state index in [1.54, 1.807) is 30.4 Å². The molecule has 2 aromatic rings. The summed E-state index contributed by atoms with van der Waals surface area (Å²) in [7, 11) is 0. The number of nitrogens with zero attached hydrogens (tertiary/aromatic N) is 1. The van der Waals surface area contributed by atoms with Gasteiger partial charge >= 0.3 is 6.03 Å². The molecule has 2 atom stereocenters. The van der Waals surface area contributed by atoms with Gasteiger partial charge in [-0.05, 0) is 49.8 Å². The third-order valence-corrected chi connectivity index (χ3v) is 6.07. The van der Waals surface area contributed by atoms with Gasteiger partial charge in [0.2, 0.25) is 5.91 Å². The van der Waals surface area contributed by atoms with Gasteiger partial charge in [0.1, 0.15) is 11.6 Å². The van der Waals surface area contributed by atoms with Gasteiger partial charge in [-0.25, -0.2) is 9.69 Å². The first-order valence-electron chi connectivity index (χ1n) is 8.61. The molecular formula is C19H19N3O3S. The maximum atomic E-state index is 13.2. The van der Waals surface area contributed by atoms with Crippen LogP contribution < -0.4 is 10.6 Å². The van der Waals surface area contributed by atoms with Crippen molar-refractivity contribution in [2.24, 2.45) is 0 Å². The van der Waals surface area contributed by atoms with Crippen LogP contribution >= 0.6 is 11.3 Å². The molecule has 2 N–H and O–H groups in total. The molecule has 1 aliphatic heterocycles. The van der Waals surface area contributed by atoms with Gasteiger partial charge in [0.05, 0.1) is 0 Å². The zero-order chi connectivity index (χ0) is 18.3. The van der Waals surface area contributed by atoms with E-state index >= 15 is 0 Å². The maximum absolute atomic E-state index is 13.2. The van der Waals surface area contributed by atoms with E-state index in [4.69, 9.17) is 0 Å². The van der Waals surface area contributed by atoms with E-state index in [9.17, 15) is 14.4 Å². The first-order chi connectivity index (χ1) is 12.5. The smallest absolute Gasteiger partial charge is 0.324 e. The normalized spacial score (nSPS) is 22.9. The van der Waals surface area contributed by atoms with Crippen molar-refractivity contribution in [3.8, 4) is 0 Å². The molecule has 2 heterocycles. The molecule has 4 rings (SSSR count). The van der Waals surface area contributed by atoms with Gasteiger partial charge in [0, 0.05) is 16.1 Å². The third kappa shape index (κ3) is 2.50. The van der Waals surface area contributed by atoms with E-state index in [-0.39, 0.29) is 5.91 Å². The second-order valence-corrected chi connectivity index (χ2v) is 7.65. The second kappa shape index (κ2) is 6.25. The van der Waals surface area contributed by atoms with Crippen LogP contribution in [0.5, 0.6) is 0 Å². The third-order valence-electron chi connectivity index (χ3n) is 5.09. The topological polar surface area (TPSA) is 78.5 Å². The molecule has 1 aromatic carbocycles. The summed E-state index contributed by atoms with van der Waals surface area (Å²) < 4.78 is 0. The number of imide groups is 1.